The van der Waals surface area contributed by atoms with Crippen molar-refractivity contribution in [1.29, 1.82) is 0 Å². The molecule has 2 heterocycles. The molecule has 6 aromatic carbocycles. The molecule has 0 amide bonds. The molecule has 0 N–H and O–H groups in total. The highest BCUT2D eigenvalue weighted by Gasteiger charge is 2.59. The van der Waals surface area contributed by atoms with Crippen LogP contribution in [0.4, 0.5) is 11.4 Å². The van der Waals surface area contributed by atoms with Crippen molar-refractivity contribution >= 4 is 38.9 Å². The minimum absolute atomic E-state index is 0.0545. The number of furan rings is 1. The Morgan fingerprint density at radius 2 is 1.41 bits per heavy atom. The molecule has 6 aliphatic carbocycles. The summed E-state index contributed by atoms with van der Waals surface area (Å²) in [5.74, 6) is 2.14. The molecule has 292 valence electrons. The first kappa shape index (κ1) is 33.8. The van der Waals surface area contributed by atoms with Crippen molar-refractivity contribution in [1.82, 2.24) is 0 Å². The molecule has 1 spiro atoms. The van der Waals surface area contributed by atoms with Gasteiger partial charge in [-0.2, -0.15) is 0 Å². The van der Waals surface area contributed by atoms with Crippen LogP contribution in [0.15, 0.2) is 203 Å². The largest absolute Gasteiger partial charge is 0.482 e. The van der Waals surface area contributed by atoms with E-state index in [1.54, 1.807) is 0 Å². The quantitative estimate of drug-likeness (QED) is 0.178. The Morgan fingerprint density at radius 1 is 0.639 bits per heavy atom. The predicted molar refractivity (Wildman–Crippen MR) is 244 cm³/mol. The van der Waals surface area contributed by atoms with Crippen LogP contribution in [0.1, 0.15) is 47.9 Å². The van der Waals surface area contributed by atoms with Gasteiger partial charge in [-0.1, -0.05) is 134 Å². The van der Waals surface area contributed by atoms with Crippen molar-refractivity contribution in [3.05, 3.63) is 221 Å². The minimum atomic E-state index is -0.366. The molecule has 14 rings (SSSR count). The summed E-state index contributed by atoms with van der Waals surface area (Å²) >= 11 is 0. The molecule has 7 aliphatic rings. The van der Waals surface area contributed by atoms with Gasteiger partial charge in [-0.15, -0.1) is 0 Å². The van der Waals surface area contributed by atoms with E-state index in [-0.39, 0.29) is 29.5 Å². The third-order valence-electron chi connectivity index (χ3n) is 14.7. The van der Waals surface area contributed by atoms with Gasteiger partial charge in [0.2, 0.25) is 0 Å². The molecule has 4 unspecified atom stereocenters. The van der Waals surface area contributed by atoms with Crippen LogP contribution in [0.2, 0.25) is 0 Å². The summed E-state index contributed by atoms with van der Waals surface area (Å²) in [6.07, 6.45) is 20.4. The summed E-state index contributed by atoms with van der Waals surface area (Å²) in [6, 6.07) is 48.3. The molecule has 4 nitrogen and oxygen atoms in total. The van der Waals surface area contributed by atoms with E-state index in [2.05, 4.69) is 175 Å². The van der Waals surface area contributed by atoms with Crippen LogP contribution >= 0.6 is 0 Å². The highest BCUT2D eigenvalue weighted by molar-refractivity contribution is 6.10. The third kappa shape index (κ3) is 4.49. The van der Waals surface area contributed by atoms with Crippen molar-refractivity contribution in [2.45, 2.75) is 43.3 Å². The Kier molecular flexibility index (Phi) is 6.92. The Labute approximate surface area is 354 Å². The van der Waals surface area contributed by atoms with Crippen molar-refractivity contribution in [3.8, 4) is 22.6 Å². The zero-order valence-corrected chi connectivity index (χ0v) is 33.6. The van der Waals surface area contributed by atoms with E-state index in [9.17, 15) is 0 Å². The van der Waals surface area contributed by atoms with Crippen LogP contribution in [-0.4, -0.2) is 12.2 Å². The first-order valence-corrected chi connectivity index (χ1v) is 21.9. The summed E-state index contributed by atoms with van der Waals surface area (Å²) in [5.41, 5.74) is 18.3. The van der Waals surface area contributed by atoms with E-state index in [1.165, 1.54) is 55.7 Å². The fourth-order valence-corrected chi connectivity index (χ4v) is 12.2. The maximum absolute atomic E-state index is 7.19. The average molecular weight is 788 g/mol. The molecular formula is C57H41NO3. The summed E-state index contributed by atoms with van der Waals surface area (Å²) < 4.78 is 20.9. The number of hydrogen-bond acceptors (Lipinski definition) is 4. The number of anilines is 2. The highest BCUT2D eigenvalue weighted by atomic mass is 16.6. The second-order valence-corrected chi connectivity index (χ2v) is 17.6. The lowest BCUT2D eigenvalue weighted by molar-refractivity contribution is -0.115. The summed E-state index contributed by atoms with van der Waals surface area (Å²) in [5, 5.41) is 2.26. The van der Waals surface area contributed by atoms with E-state index in [0.29, 0.717) is 0 Å². The molecule has 1 saturated carbocycles. The van der Waals surface area contributed by atoms with Crippen molar-refractivity contribution in [2.75, 3.05) is 4.90 Å². The average Bonchev–Trinajstić information content (AvgIpc) is 3.95. The van der Waals surface area contributed by atoms with E-state index < -0.39 is 0 Å². The first-order chi connectivity index (χ1) is 30.3. The smallest absolute Gasteiger partial charge is 0.162 e. The predicted octanol–water partition coefficient (Wildman–Crippen LogP) is 13.7. The molecule has 1 aliphatic heterocycles. The number of fused-ring (bicyclic) bond motifs is 17. The monoisotopic (exact) mass is 787 g/mol. The second-order valence-electron chi connectivity index (χ2n) is 17.6. The Balaban J connectivity index is 0.840. The number of ether oxygens (including phenoxy) is 2. The number of benzene rings is 6. The number of para-hydroxylation sites is 3. The Bertz CT molecular complexity index is 3250. The molecule has 61 heavy (non-hydrogen) atoms. The van der Waals surface area contributed by atoms with Gasteiger partial charge in [0.15, 0.2) is 17.1 Å². The number of hydrogen-bond donors (Lipinski definition) is 0. The van der Waals surface area contributed by atoms with Crippen LogP contribution in [-0.2, 0) is 5.41 Å². The zero-order valence-electron chi connectivity index (χ0n) is 33.6. The van der Waals surface area contributed by atoms with E-state index in [4.69, 9.17) is 13.9 Å². The van der Waals surface area contributed by atoms with Gasteiger partial charge in [-0.05, 0) is 124 Å². The van der Waals surface area contributed by atoms with Crippen LogP contribution in [0.3, 0.4) is 0 Å². The molecular weight excluding hydrogens is 747 g/mol. The lowest BCUT2D eigenvalue weighted by Crippen LogP contribution is -2.63. The summed E-state index contributed by atoms with van der Waals surface area (Å²) in [6.45, 7) is 0. The lowest BCUT2D eigenvalue weighted by Gasteiger charge is -2.54. The standard InChI is InChI=1S/C57H41NO3/c1-2-16-35(17-3-1)58(49-29-14-24-42-41-22-7-11-30-50(41)59-54(42)49)36-18-12-15-34(31-36)37-23-13-25-43-53(37)56-55(43)60-52-33-48-44(32-51(52)61-56)40-21-6-10-28-47(40)57(48)45-26-8-4-19-38(45)39-20-5-9-27-46(39)57/h1-4,6-11,13-14,16-19,21-33,43,53,55-56H,5,12,15,20H2/t43?,53?,55-,56?,57?/m0/s1. The normalized spacial score (nSPS) is 24.6. The molecule has 0 bridgehead atoms. The highest BCUT2D eigenvalue weighted by Crippen LogP contribution is 2.65. The second kappa shape index (κ2) is 12.5. The van der Waals surface area contributed by atoms with Gasteiger partial charge in [0, 0.05) is 34.0 Å². The van der Waals surface area contributed by atoms with Gasteiger partial charge < -0.3 is 18.8 Å². The number of allylic oxidation sites excluding steroid dienone is 9. The molecule has 7 aromatic rings. The van der Waals surface area contributed by atoms with E-state index in [1.807, 2.05) is 6.07 Å². The fraction of sp³-hybridized carbons (Fsp3) is 0.158. The SMILES string of the molecule is C1=CC2C(C(C3=CC(N(c4ccccc4)c4cccc5c4oc4ccccc45)=CCC3)=C1)C1Oc3cc4c(cc3O[C@@H]21)C1(C2=C(CCC=C2)c2ccccc21)c1ccccc1-4. The Morgan fingerprint density at radius 3 is 2.33 bits per heavy atom. The summed E-state index contributed by atoms with van der Waals surface area (Å²) in [4.78, 5) is 2.37. The van der Waals surface area contributed by atoms with Gasteiger partial charge in [0.05, 0.1) is 11.1 Å². The molecule has 4 heteroatoms. The van der Waals surface area contributed by atoms with Crippen LogP contribution in [0.25, 0.3) is 38.6 Å². The van der Waals surface area contributed by atoms with Crippen molar-refractivity contribution < 1.29 is 13.9 Å². The number of nitrogens with zero attached hydrogens (tertiary/aromatic N) is 1. The van der Waals surface area contributed by atoms with Gasteiger partial charge >= 0.3 is 0 Å². The van der Waals surface area contributed by atoms with Gasteiger partial charge in [-0.25, -0.2) is 0 Å². The van der Waals surface area contributed by atoms with Crippen molar-refractivity contribution in [3.63, 3.8) is 0 Å². The summed E-state index contributed by atoms with van der Waals surface area (Å²) in [7, 11) is 0. The van der Waals surface area contributed by atoms with Gasteiger partial charge in [-0.3, -0.25) is 0 Å². The molecule has 1 aromatic heterocycles. The van der Waals surface area contributed by atoms with Crippen LogP contribution in [0, 0.1) is 11.8 Å². The Hall–Kier alpha value is -7.04. The third-order valence-corrected chi connectivity index (χ3v) is 14.7. The molecule has 1 fully saturated rings. The number of rotatable bonds is 4. The van der Waals surface area contributed by atoms with Crippen LogP contribution < -0.4 is 14.4 Å². The van der Waals surface area contributed by atoms with Gasteiger partial charge in [0.25, 0.3) is 0 Å². The molecule has 5 atom stereocenters. The minimum Gasteiger partial charge on any atom is -0.482 e. The van der Waals surface area contributed by atoms with Crippen LogP contribution in [0.5, 0.6) is 11.5 Å². The molecule has 0 radical (unpaired) electrons. The zero-order chi connectivity index (χ0) is 39.8. The van der Waals surface area contributed by atoms with E-state index >= 15 is 0 Å². The first-order valence-electron chi connectivity index (χ1n) is 21.9. The maximum atomic E-state index is 7.19. The molecule has 0 saturated heterocycles. The fourth-order valence-electron chi connectivity index (χ4n) is 12.2. The van der Waals surface area contributed by atoms with Gasteiger partial charge in [0.1, 0.15) is 17.8 Å². The maximum Gasteiger partial charge on any atom is 0.162 e. The van der Waals surface area contributed by atoms with Crippen molar-refractivity contribution in [2.24, 2.45) is 11.8 Å². The lowest BCUT2D eigenvalue weighted by atomic mass is 9.60. The van der Waals surface area contributed by atoms with E-state index in [0.717, 1.165) is 76.2 Å². The topological polar surface area (TPSA) is 34.8 Å².